The van der Waals surface area contributed by atoms with Gasteiger partial charge in [0.2, 0.25) is 17.7 Å². The zero-order valence-corrected chi connectivity index (χ0v) is 16.0. The van der Waals surface area contributed by atoms with Gasteiger partial charge in [-0.2, -0.15) is 4.98 Å². The van der Waals surface area contributed by atoms with Crippen molar-refractivity contribution < 1.29 is 18.9 Å². The van der Waals surface area contributed by atoms with E-state index in [1.807, 2.05) is 0 Å². The van der Waals surface area contributed by atoms with E-state index in [-0.39, 0.29) is 35.6 Å². The fraction of sp³-hybridized carbons (Fsp3) is 0.722. The summed E-state index contributed by atoms with van der Waals surface area (Å²) in [5, 5.41) is 6.51. The Bertz CT molecular complexity index is 780. The number of likely N-dealkylation sites (tertiary alicyclic amines) is 1. The van der Waals surface area contributed by atoms with Gasteiger partial charge in [-0.3, -0.25) is 19.3 Å². The predicted molar refractivity (Wildman–Crippen MR) is 96.6 cm³/mol. The Morgan fingerprint density at radius 2 is 2.11 bits per heavy atom. The first-order valence-corrected chi connectivity index (χ1v) is 9.82. The summed E-state index contributed by atoms with van der Waals surface area (Å²) in [6.07, 6.45) is 3.55. The summed E-state index contributed by atoms with van der Waals surface area (Å²) in [7, 11) is 0. The van der Waals surface area contributed by atoms with Crippen molar-refractivity contribution in [1.82, 2.24) is 25.3 Å². The molecule has 4 rings (SSSR count). The summed E-state index contributed by atoms with van der Waals surface area (Å²) < 4.78 is 5.16. The summed E-state index contributed by atoms with van der Waals surface area (Å²) in [6, 6.07) is 0.215. The Morgan fingerprint density at radius 1 is 1.32 bits per heavy atom. The number of carbonyl (C=O) groups is 3. The lowest BCUT2D eigenvalue weighted by atomic mass is 9.72. The van der Waals surface area contributed by atoms with Crippen LogP contribution in [0.25, 0.3) is 0 Å². The number of primary amides is 1. The van der Waals surface area contributed by atoms with Crippen LogP contribution in [0, 0.1) is 11.8 Å². The van der Waals surface area contributed by atoms with Crippen molar-refractivity contribution in [3.8, 4) is 0 Å². The van der Waals surface area contributed by atoms with E-state index in [2.05, 4.69) is 25.3 Å². The van der Waals surface area contributed by atoms with Gasteiger partial charge in [0, 0.05) is 39.0 Å². The largest absolute Gasteiger partial charge is 0.363 e. The number of carbonyl (C=O) groups excluding carboxylic acids is 3. The molecule has 1 aromatic rings. The minimum absolute atomic E-state index is 0.00427. The van der Waals surface area contributed by atoms with Gasteiger partial charge < -0.3 is 20.5 Å². The highest BCUT2D eigenvalue weighted by Gasteiger charge is 2.49. The van der Waals surface area contributed by atoms with Crippen LogP contribution in [0.15, 0.2) is 4.52 Å². The van der Waals surface area contributed by atoms with Gasteiger partial charge in [-0.15, -0.1) is 0 Å². The van der Waals surface area contributed by atoms with Gasteiger partial charge >= 0.3 is 0 Å². The highest BCUT2D eigenvalue weighted by molar-refractivity contribution is 5.88. The number of piperidine rings is 3. The molecule has 3 aliphatic heterocycles. The van der Waals surface area contributed by atoms with Crippen LogP contribution >= 0.6 is 0 Å². The molecular weight excluding hydrogens is 364 g/mol. The molecule has 10 nitrogen and oxygen atoms in total. The number of nitrogens with one attached hydrogen (secondary N) is 1. The Kier molecular flexibility index (Phi) is 5.05. The second-order valence-corrected chi connectivity index (χ2v) is 8.09. The van der Waals surface area contributed by atoms with Gasteiger partial charge in [-0.05, 0) is 31.1 Å². The van der Waals surface area contributed by atoms with E-state index in [4.69, 9.17) is 10.3 Å². The predicted octanol–water partition coefficient (Wildman–Crippen LogP) is -0.494. The lowest BCUT2D eigenvalue weighted by molar-refractivity contribution is -0.153. The number of hydrogen-bond acceptors (Lipinski definition) is 7. The SMILES string of the molecule is CC(=O)NC[C@H]1[C@H]2C[C@H](CN(Cc3nc(C(N)=O)no3)C2)[C@@H]2CCCC(=O)N21. The van der Waals surface area contributed by atoms with E-state index in [9.17, 15) is 14.4 Å². The standard InChI is InChI=1S/C18H26N6O4/c1-10(25)20-6-14-12-5-11(13-3-2-4-16(26)24(13)14)7-23(8-12)9-15-21-18(17(19)27)22-28-15/h11-14H,2-9H2,1H3,(H2,19,27)(H,20,25)/t11-,12+,13+,14+/m1/s1. The van der Waals surface area contributed by atoms with Crippen LogP contribution in [0.5, 0.6) is 0 Å². The van der Waals surface area contributed by atoms with Crippen LogP contribution < -0.4 is 11.1 Å². The third-order valence-corrected chi connectivity index (χ3v) is 6.18. The maximum absolute atomic E-state index is 12.7. The number of aromatic nitrogens is 2. The molecule has 10 heteroatoms. The molecule has 0 unspecified atom stereocenters. The summed E-state index contributed by atoms with van der Waals surface area (Å²) in [6.45, 7) is 4.04. The third kappa shape index (κ3) is 3.60. The van der Waals surface area contributed by atoms with Crippen molar-refractivity contribution in [2.45, 2.75) is 51.2 Å². The van der Waals surface area contributed by atoms with Crippen molar-refractivity contribution >= 4 is 17.7 Å². The molecule has 28 heavy (non-hydrogen) atoms. The number of fused-ring (bicyclic) bond motifs is 4. The first kappa shape index (κ1) is 18.9. The highest BCUT2D eigenvalue weighted by Crippen LogP contribution is 2.41. The molecule has 2 bridgehead atoms. The number of nitrogens with two attached hydrogens (primary N) is 1. The van der Waals surface area contributed by atoms with Crippen molar-refractivity contribution in [3.05, 3.63) is 11.7 Å². The Labute approximate surface area is 162 Å². The third-order valence-electron chi connectivity index (χ3n) is 6.18. The van der Waals surface area contributed by atoms with E-state index in [0.29, 0.717) is 31.3 Å². The van der Waals surface area contributed by atoms with Crippen molar-refractivity contribution in [2.75, 3.05) is 19.6 Å². The fourth-order valence-corrected chi connectivity index (χ4v) is 5.12. The van der Waals surface area contributed by atoms with E-state index in [0.717, 1.165) is 32.4 Å². The molecule has 3 saturated heterocycles. The van der Waals surface area contributed by atoms with Crippen LogP contribution in [0.1, 0.15) is 49.1 Å². The minimum atomic E-state index is -0.711. The van der Waals surface area contributed by atoms with Crippen molar-refractivity contribution in [1.29, 1.82) is 0 Å². The summed E-state index contributed by atoms with van der Waals surface area (Å²) in [5.41, 5.74) is 5.19. The van der Waals surface area contributed by atoms with Gasteiger partial charge in [0.05, 0.1) is 12.6 Å². The summed E-state index contributed by atoms with van der Waals surface area (Å²) in [5.74, 6) is 0.316. The number of amides is 3. The molecule has 0 aliphatic carbocycles. The van der Waals surface area contributed by atoms with Crippen LogP contribution in [-0.2, 0) is 16.1 Å². The number of hydrogen-bond donors (Lipinski definition) is 2. The molecular formula is C18H26N6O4. The highest BCUT2D eigenvalue weighted by atomic mass is 16.5. The van der Waals surface area contributed by atoms with E-state index < -0.39 is 5.91 Å². The lowest BCUT2D eigenvalue weighted by Gasteiger charge is -2.56. The van der Waals surface area contributed by atoms with Crippen molar-refractivity contribution in [2.24, 2.45) is 17.6 Å². The van der Waals surface area contributed by atoms with E-state index in [1.54, 1.807) is 0 Å². The lowest BCUT2D eigenvalue weighted by Crippen LogP contribution is -2.66. The van der Waals surface area contributed by atoms with Crippen LogP contribution in [0.2, 0.25) is 0 Å². The average molecular weight is 390 g/mol. The second-order valence-electron chi connectivity index (χ2n) is 8.09. The molecule has 0 spiro atoms. The van der Waals surface area contributed by atoms with Crippen LogP contribution in [0.3, 0.4) is 0 Å². The zero-order chi connectivity index (χ0) is 19.8. The molecule has 3 aliphatic rings. The fourth-order valence-electron chi connectivity index (χ4n) is 5.12. The molecule has 0 saturated carbocycles. The molecule has 0 radical (unpaired) electrons. The number of nitrogens with zero attached hydrogens (tertiary/aromatic N) is 4. The molecule has 3 amide bonds. The second kappa shape index (κ2) is 7.50. The minimum Gasteiger partial charge on any atom is -0.363 e. The van der Waals surface area contributed by atoms with Crippen LogP contribution in [0.4, 0.5) is 0 Å². The molecule has 1 aromatic heterocycles. The molecule has 3 fully saturated rings. The van der Waals surface area contributed by atoms with E-state index >= 15 is 0 Å². The Morgan fingerprint density at radius 3 is 2.82 bits per heavy atom. The summed E-state index contributed by atoms with van der Waals surface area (Å²) in [4.78, 5) is 43.7. The van der Waals surface area contributed by atoms with Gasteiger partial charge in [-0.1, -0.05) is 5.16 Å². The van der Waals surface area contributed by atoms with Gasteiger partial charge in [0.15, 0.2) is 0 Å². The summed E-state index contributed by atoms with van der Waals surface area (Å²) >= 11 is 0. The molecule has 3 N–H and O–H groups in total. The first-order chi connectivity index (χ1) is 13.4. The molecule has 4 heterocycles. The maximum atomic E-state index is 12.7. The normalized spacial score (nSPS) is 30.0. The van der Waals surface area contributed by atoms with Crippen molar-refractivity contribution in [3.63, 3.8) is 0 Å². The average Bonchev–Trinajstić information content (AvgIpc) is 3.10. The van der Waals surface area contributed by atoms with Gasteiger partial charge in [0.25, 0.3) is 11.7 Å². The number of rotatable bonds is 5. The first-order valence-electron chi connectivity index (χ1n) is 9.82. The van der Waals surface area contributed by atoms with Crippen LogP contribution in [-0.4, -0.2) is 69.4 Å². The smallest absolute Gasteiger partial charge is 0.290 e. The molecule has 4 atom stereocenters. The topological polar surface area (TPSA) is 135 Å². The maximum Gasteiger partial charge on any atom is 0.290 e. The monoisotopic (exact) mass is 390 g/mol. The van der Waals surface area contributed by atoms with Gasteiger partial charge in [-0.25, -0.2) is 0 Å². The molecule has 0 aromatic carbocycles. The van der Waals surface area contributed by atoms with Gasteiger partial charge in [0.1, 0.15) is 0 Å². The Balaban J connectivity index is 1.52. The van der Waals surface area contributed by atoms with E-state index in [1.165, 1.54) is 6.92 Å². The molecule has 152 valence electrons. The quantitative estimate of drug-likeness (QED) is 0.692. The zero-order valence-electron chi connectivity index (χ0n) is 16.0. The Hall–Kier alpha value is -2.49.